The van der Waals surface area contributed by atoms with Crippen molar-refractivity contribution in [2.75, 3.05) is 38.6 Å². The highest BCUT2D eigenvalue weighted by atomic mass is 32.1. The van der Waals surface area contributed by atoms with Gasteiger partial charge in [-0.25, -0.2) is 4.79 Å². The van der Waals surface area contributed by atoms with Crippen molar-refractivity contribution in [2.24, 2.45) is 40.7 Å². The van der Waals surface area contributed by atoms with Crippen LogP contribution in [0.5, 0.6) is 5.75 Å². The Balaban J connectivity index is 1.95. The molecule has 3 aromatic rings. The average Bonchev–Trinajstić information content (AvgIpc) is 0.846. The van der Waals surface area contributed by atoms with E-state index >= 15 is 0 Å². The lowest BCUT2D eigenvalue weighted by molar-refractivity contribution is -0.145. The van der Waals surface area contributed by atoms with Crippen LogP contribution in [0.4, 0.5) is 0 Å². The van der Waals surface area contributed by atoms with Crippen molar-refractivity contribution in [3.05, 3.63) is 102 Å². The zero-order chi connectivity index (χ0) is 95.5. The standard InChI is InChI=1S/C81H128N24O21S/c1-10-42(6)61(76(123)105-63(45(9)109)78(125)126)103-71(118)56(35-47-22-15-12-16-23-47)97-66(113)51(24-17-31-89-79(83)84)93-69(116)55(36-48-27-29-49(110)30-28-48)98-77(124)62(44(8)108)104-75(122)60(41(4)5)101-64(111)43(7)92-74(121)59(40(2)3)102-68(115)53(26-19-33-91-81(87)88)94-72(119)57(38-107)99-70(117)54(34-46-20-13-11-14-21-46)96-67(114)52(25-18-32-90-80(85)86)95-73(120)58(39-127)100-65(112)50(82)37-106/h11-16,20-23,27-30,40-45,50-63,106-110,127H,10,17-19,24-26,31-39,82H2,1-9H3,(H,92,121)(H,93,116)(H,94,119)(H,95,120)(H,96,114)(H,97,113)(H,98,124)(H,99,117)(H,100,112)(H,101,111)(H,102,115)(H,103,118)(H,104,122)(H,105,123)(H,125,126)(H4,83,84,89)(H4,85,86,90)(H4,87,88,91)/t42-,43-,44+,45+,50-,51-,52-,53-,54-,55-,56-,57-,58-,59-,60-,61-,62-,63-/m0/s1. The number of aliphatic carboxylic acids is 1. The van der Waals surface area contributed by atoms with Gasteiger partial charge in [0, 0.05) is 44.6 Å². The van der Waals surface area contributed by atoms with Crippen molar-refractivity contribution in [1.82, 2.24) is 90.4 Å². The van der Waals surface area contributed by atoms with Gasteiger partial charge in [0.15, 0.2) is 23.9 Å². The molecule has 0 fully saturated rings. The summed E-state index contributed by atoms with van der Waals surface area (Å²) in [7, 11) is 0. The van der Waals surface area contributed by atoms with Crippen molar-refractivity contribution in [1.29, 1.82) is 16.2 Å². The molecule has 46 heteroatoms. The van der Waals surface area contributed by atoms with Crippen molar-refractivity contribution in [2.45, 2.75) is 229 Å². The van der Waals surface area contributed by atoms with Crippen LogP contribution in [-0.4, -0.2) is 279 Å². The van der Waals surface area contributed by atoms with Gasteiger partial charge in [-0.15, -0.1) is 0 Å². The molecule has 0 saturated heterocycles. The fourth-order valence-corrected chi connectivity index (χ4v) is 12.7. The first-order valence-electron chi connectivity index (χ1n) is 41.4. The molecule has 0 heterocycles. The third kappa shape index (κ3) is 38.9. The lowest BCUT2D eigenvalue weighted by Gasteiger charge is -2.30. The third-order valence-corrected chi connectivity index (χ3v) is 20.4. The van der Waals surface area contributed by atoms with Crippen LogP contribution >= 0.6 is 12.6 Å². The monoisotopic (exact) mass is 1800 g/mol. The van der Waals surface area contributed by atoms with Crippen molar-refractivity contribution in [3.8, 4) is 5.75 Å². The van der Waals surface area contributed by atoms with Crippen molar-refractivity contribution in [3.63, 3.8) is 0 Å². The number of aliphatic hydroxyl groups excluding tert-OH is 4. The largest absolute Gasteiger partial charge is 0.508 e. The molecular weight excluding hydrogens is 1680 g/mol. The number of aliphatic hydroxyl groups is 4. The molecule has 45 nitrogen and oxygen atoms in total. The Hall–Kier alpha value is -12.5. The predicted octanol–water partition coefficient (Wildman–Crippen LogP) is -7.54. The Bertz CT molecular complexity index is 4180. The van der Waals surface area contributed by atoms with E-state index in [0.717, 1.165) is 13.8 Å². The molecule has 704 valence electrons. The minimum atomic E-state index is -1.92. The van der Waals surface area contributed by atoms with E-state index in [9.17, 15) is 103 Å². The number of guanidine groups is 3. The Labute approximate surface area is 741 Å². The molecule has 0 aliphatic carbocycles. The smallest absolute Gasteiger partial charge is 0.328 e. The molecule has 14 amide bonds. The lowest BCUT2D eigenvalue weighted by atomic mass is 9.96. The van der Waals surface area contributed by atoms with Gasteiger partial charge in [-0.3, -0.25) is 83.4 Å². The summed E-state index contributed by atoms with van der Waals surface area (Å²) in [5.74, 6) is -19.7. The topological polar surface area (TPSA) is 758 Å². The van der Waals surface area contributed by atoms with Gasteiger partial charge < -0.3 is 144 Å². The van der Waals surface area contributed by atoms with Crippen LogP contribution in [0.3, 0.4) is 0 Å². The van der Waals surface area contributed by atoms with Gasteiger partial charge in [0.1, 0.15) is 90.3 Å². The summed E-state index contributed by atoms with van der Waals surface area (Å²) >= 11 is 4.15. The van der Waals surface area contributed by atoms with E-state index in [1.807, 2.05) is 0 Å². The van der Waals surface area contributed by atoms with Crippen LogP contribution in [0.1, 0.15) is 124 Å². The molecule has 0 spiro atoms. The molecule has 0 radical (unpaired) electrons. The highest BCUT2D eigenvalue weighted by Gasteiger charge is 2.41. The number of hydrogen-bond donors (Lipinski definition) is 31. The van der Waals surface area contributed by atoms with Gasteiger partial charge in [0.05, 0.1) is 25.4 Å². The number of phenols is 1. The number of thiol groups is 1. The number of rotatable bonds is 56. The second-order valence-electron chi connectivity index (χ2n) is 31.2. The molecular formula is C81H128N24O21S. The Kier molecular flexibility index (Phi) is 47.7. The minimum absolute atomic E-state index is 0.0117. The summed E-state index contributed by atoms with van der Waals surface area (Å²) in [6.07, 6.45) is -4.37. The number of carboxylic acid groups (broad SMARTS) is 1. The van der Waals surface area contributed by atoms with Crippen LogP contribution in [0.25, 0.3) is 0 Å². The Morgan fingerprint density at radius 3 is 1.03 bits per heavy atom. The van der Waals surface area contributed by atoms with Crippen LogP contribution < -0.4 is 113 Å². The number of carboxylic acids is 1. The molecule has 34 N–H and O–H groups in total. The Morgan fingerprint density at radius 1 is 0.362 bits per heavy atom. The number of nitrogens with two attached hydrogens (primary N) is 4. The van der Waals surface area contributed by atoms with E-state index in [1.54, 1.807) is 74.5 Å². The zero-order valence-electron chi connectivity index (χ0n) is 72.5. The number of carbonyl (C=O) groups is 15. The molecule has 0 unspecified atom stereocenters. The van der Waals surface area contributed by atoms with Gasteiger partial charge in [-0.05, 0) is 106 Å². The zero-order valence-corrected chi connectivity index (χ0v) is 73.4. The number of hydrogen-bond acceptors (Lipinski definition) is 25. The molecule has 127 heavy (non-hydrogen) atoms. The van der Waals surface area contributed by atoms with E-state index in [0.29, 0.717) is 16.7 Å². The van der Waals surface area contributed by atoms with Crippen molar-refractivity contribution < 1.29 is 103 Å². The second-order valence-corrected chi connectivity index (χ2v) is 31.6. The van der Waals surface area contributed by atoms with Crippen molar-refractivity contribution >= 4 is 119 Å². The number of nitrogens with one attached hydrogen (secondary N) is 20. The number of aromatic hydroxyl groups is 1. The second kappa shape index (κ2) is 55.7. The van der Waals surface area contributed by atoms with Gasteiger partial charge in [-0.2, -0.15) is 12.6 Å². The van der Waals surface area contributed by atoms with Crippen LogP contribution in [0, 0.1) is 34.0 Å². The lowest BCUT2D eigenvalue weighted by Crippen LogP contribution is -2.63. The number of benzene rings is 3. The number of carbonyl (C=O) groups excluding carboxylic acids is 14. The first kappa shape index (κ1) is 109. The van der Waals surface area contributed by atoms with E-state index in [1.165, 1.54) is 58.9 Å². The summed E-state index contributed by atoms with van der Waals surface area (Å²) in [5.41, 5.74) is 23.4. The molecule has 0 saturated carbocycles. The van der Waals surface area contributed by atoms with E-state index in [2.05, 4.69) is 103 Å². The maximum Gasteiger partial charge on any atom is 0.328 e. The normalized spacial score (nSPS) is 15.4. The van der Waals surface area contributed by atoms with Crippen LogP contribution in [0.2, 0.25) is 0 Å². The molecule has 0 aromatic heterocycles. The predicted molar refractivity (Wildman–Crippen MR) is 468 cm³/mol. The van der Waals surface area contributed by atoms with E-state index in [-0.39, 0.29) is 95.3 Å². The average molecular weight is 1810 g/mol. The molecule has 3 rings (SSSR count). The third-order valence-electron chi connectivity index (χ3n) is 20.0. The van der Waals surface area contributed by atoms with Gasteiger partial charge >= 0.3 is 5.97 Å². The molecule has 0 bridgehead atoms. The SMILES string of the molecule is CC[C@H](C)[C@H](NC(=O)[C@H](Cc1ccccc1)NC(=O)[C@H](CCCNC(=N)N)NC(=O)[C@H](Cc1ccc(O)cc1)NC(=O)[C@@H](NC(=O)[C@@H](NC(=O)[C@H](C)NC(=O)[C@@H](NC(=O)[C@H](CCCNC(=N)N)NC(=O)[C@H](CO)NC(=O)[C@H](Cc1ccccc1)NC(=O)[C@H](CCCNC(=N)N)NC(=O)[C@H](CS)NC(=O)[C@@H](N)CO)C(C)C)C(C)C)[C@@H](C)O)C(=O)N[C@H](C(=O)O)[C@@H](C)O. The summed E-state index contributed by atoms with van der Waals surface area (Å²) in [6.45, 7) is 11.0. The summed E-state index contributed by atoms with van der Waals surface area (Å²) in [4.78, 5) is 211. The summed E-state index contributed by atoms with van der Waals surface area (Å²) in [5, 5.41) is 127. The first-order chi connectivity index (χ1) is 59.9. The summed E-state index contributed by atoms with van der Waals surface area (Å²) < 4.78 is 0. The Morgan fingerprint density at radius 2 is 0.661 bits per heavy atom. The first-order valence-corrected chi connectivity index (χ1v) is 42.0. The molecule has 0 aliphatic heterocycles. The molecule has 18 atom stereocenters. The fourth-order valence-electron chi connectivity index (χ4n) is 12.4. The van der Waals surface area contributed by atoms with Crippen LogP contribution in [-0.2, 0) is 91.2 Å². The molecule has 0 aliphatic rings. The number of amides is 14. The summed E-state index contributed by atoms with van der Waals surface area (Å²) in [6, 6.07) is -1.83. The van der Waals surface area contributed by atoms with E-state index < -0.39 is 240 Å². The molecule has 3 aromatic carbocycles. The number of phenolic OH excluding ortho intramolecular Hbond substituents is 1. The van der Waals surface area contributed by atoms with Gasteiger partial charge in [-0.1, -0.05) is 121 Å². The van der Waals surface area contributed by atoms with Gasteiger partial charge in [0.25, 0.3) is 0 Å². The highest BCUT2D eigenvalue weighted by Crippen LogP contribution is 2.17. The maximum atomic E-state index is 14.9. The minimum Gasteiger partial charge on any atom is -0.508 e. The van der Waals surface area contributed by atoms with E-state index in [4.69, 9.17) is 39.2 Å². The van der Waals surface area contributed by atoms with Gasteiger partial charge in [0.2, 0.25) is 82.7 Å². The van der Waals surface area contributed by atoms with Crippen LogP contribution in [0.15, 0.2) is 84.9 Å². The fraction of sp³-hybridized carbons (Fsp3) is 0.556. The quantitative estimate of drug-likeness (QED) is 0.0108. The highest BCUT2D eigenvalue weighted by molar-refractivity contribution is 7.80. The maximum absolute atomic E-state index is 14.9.